The molecule has 3 heteroatoms. The van der Waals surface area contributed by atoms with Crippen LogP contribution in [0.15, 0.2) is 194 Å². The number of anilines is 3. The number of ether oxygens (including phenoxy) is 1. The van der Waals surface area contributed by atoms with Gasteiger partial charge in [-0.2, -0.15) is 0 Å². The number of aryl methyl sites for hydroxylation is 1. The van der Waals surface area contributed by atoms with Crippen LogP contribution in [-0.4, -0.2) is 11.6 Å². The summed E-state index contributed by atoms with van der Waals surface area (Å²) in [4.78, 5) is 7.30. The molecule has 1 aromatic heterocycles. The average Bonchev–Trinajstić information content (AvgIpc) is 3.27. The Labute approximate surface area is 333 Å². The van der Waals surface area contributed by atoms with Crippen molar-refractivity contribution < 1.29 is 4.74 Å². The monoisotopic (exact) mass is 732 g/mol. The third-order valence-corrected chi connectivity index (χ3v) is 11.2. The van der Waals surface area contributed by atoms with Gasteiger partial charge in [0.05, 0.1) is 12.3 Å². The van der Waals surface area contributed by atoms with Crippen LogP contribution in [0.1, 0.15) is 12.5 Å². The molecule has 3 nitrogen and oxygen atoms in total. The molecule has 0 N–H and O–H groups in total. The summed E-state index contributed by atoms with van der Waals surface area (Å²) in [5.74, 6) is 0.888. The number of rotatable bonds is 8. The Morgan fingerprint density at radius 3 is 1.39 bits per heavy atom. The lowest BCUT2D eigenvalue weighted by atomic mass is 9.82. The molecular weight excluding hydrogens is 693 g/mol. The van der Waals surface area contributed by atoms with Gasteiger partial charge in [0.1, 0.15) is 5.75 Å². The number of nitrogens with zero attached hydrogens (tertiary/aromatic N) is 2. The van der Waals surface area contributed by atoms with E-state index in [2.05, 4.69) is 182 Å². The summed E-state index contributed by atoms with van der Waals surface area (Å²) in [5, 5.41) is 9.84. The van der Waals surface area contributed by atoms with Crippen LogP contribution >= 0.6 is 0 Å². The Morgan fingerprint density at radius 2 is 0.860 bits per heavy atom. The normalized spacial score (nSPS) is 11.4. The third-order valence-electron chi connectivity index (χ3n) is 11.2. The Balaban J connectivity index is 1.17. The summed E-state index contributed by atoms with van der Waals surface area (Å²) in [5.41, 5.74) is 11.4. The summed E-state index contributed by atoms with van der Waals surface area (Å²) in [6, 6.07) is 67.9. The topological polar surface area (TPSA) is 25.4 Å². The Hall–Kier alpha value is -7.23. The van der Waals surface area contributed by atoms with Crippen molar-refractivity contribution in [3.63, 3.8) is 0 Å². The maximum atomic E-state index is 5.68. The second kappa shape index (κ2) is 14.4. The van der Waals surface area contributed by atoms with Gasteiger partial charge in [0, 0.05) is 34.2 Å². The number of hydrogen-bond acceptors (Lipinski definition) is 3. The molecule has 272 valence electrons. The minimum Gasteiger partial charge on any atom is -0.494 e. The highest BCUT2D eigenvalue weighted by atomic mass is 16.5. The van der Waals surface area contributed by atoms with Gasteiger partial charge in [0.15, 0.2) is 0 Å². The molecule has 0 amide bonds. The fourth-order valence-corrected chi connectivity index (χ4v) is 8.56. The van der Waals surface area contributed by atoms with E-state index < -0.39 is 0 Å². The van der Waals surface area contributed by atoms with Crippen LogP contribution < -0.4 is 9.64 Å². The molecule has 57 heavy (non-hydrogen) atoms. The maximum Gasteiger partial charge on any atom is 0.119 e. The molecule has 10 aromatic rings. The minimum absolute atomic E-state index is 0.656. The van der Waals surface area contributed by atoms with E-state index in [1.807, 2.05) is 31.3 Å². The molecule has 0 radical (unpaired) electrons. The van der Waals surface area contributed by atoms with E-state index in [0.717, 1.165) is 39.6 Å². The summed E-state index contributed by atoms with van der Waals surface area (Å²) in [6.07, 6.45) is 1.90. The van der Waals surface area contributed by atoms with Gasteiger partial charge in [0.2, 0.25) is 0 Å². The molecular formula is C54H40N2O. The molecule has 0 aliphatic carbocycles. The third kappa shape index (κ3) is 6.05. The van der Waals surface area contributed by atoms with Crippen molar-refractivity contribution in [3.05, 3.63) is 200 Å². The molecule has 0 unspecified atom stereocenters. The van der Waals surface area contributed by atoms with Crippen LogP contribution in [0.25, 0.3) is 76.6 Å². The summed E-state index contributed by atoms with van der Waals surface area (Å²) in [6.45, 7) is 4.80. The smallest absolute Gasteiger partial charge is 0.119 e. The molecule has 0 saturated carbocycles. The summed E-state index contributed by atoms with van der Waals surface area (Å²) >= 11 is 0. The Morgan fingerprint density at radius 1 is 0.421 bits per heavy atom. The van der Waals surface area contributed by atoms with E-state index >= 15 is 0 Å². The number of benzene rings is 9. The first-order valence-corrected chi connectivity index (χ1v) is 19.7. The van der Waals surface area contributed by atoms with Crippen molar-refractivity contribution in [3.8, 4) is 39.3 Å². The number of hydrogen-bond donors (Lipinski definition) is 0. The van der Waals surface area contributed by atoms with Gasteiger partial charge in [-0.25, -0.2) is 0 Å². The van der Waals surface area contributed by atoms with Crippen molar-refractivity contribution in [1.82, 2.24) is 4.98 Å². The lowest BCUT2D eigenvalue weighted by molar-refractivity contribution is 0.340. The Kier molecular flexibility index (Phi) is 8.69. The van der Waals surface area contributed by atoms with E-state index in [1.54, 1.807) is 0 Å². The van der Waals surface area contributed by atoms with Gasteiger partial charge in [-0.1, -0.05) is 133 Å². The van der Waals surface area contributed by atoms with Crippen molar-refractivity contribution >= 4 is 60.2 Å². The van der Waals surface area contributed by atoms with Crippen LogP contribution in [-0.2, 0) is 0 Å². The first-order valence-electron chi connectivity index (χ1n) is 19.7. The Bertz CT molecular complexity index is 3040. The molecule has 0 aliphatic rings. The molecule has 0 saturated heterocycles. The minimum atomic E-state index is 0.656. The van der Waals surface area contributed by atoms with Crippen LogP contribution in [0.4, 0.5) is 17.1 Å². The second-order valence-corrected chi connectivity index (χ2v) is 14.6. The average molecular weight is 733 g/mol. The zero-order valence-electron chi connectivity index (χ0n) is 32.0. The van der Waals surface area contributed by atoms with Crippen molar-refractivity contribution in [1.29, 1.82) is 0 Å². The zero-order chi connectivity index (χ0) is 38.3. The van der Waals surface area contributed by atoms with Gasteiger partial charge in [-0.3, -0.25) is 4.98 Å². The molecule has 0 atom stereocenters. The molecule has 1 heterocycles. The van der Waals surface area contributed by atoms with Crippen molar-refractivity contribution in [2.45, 2.75) is 13.8 Å². The lowest BCUT2D eigenvalue weighted by Crippen LogP contribution is -2.09. The number of fused-ring (bicyclic) bond motifs is 7. The van der Waals surface area contributed by atoms with E-state index in [9.17, 15) is 0 Å². The van der Waals surface area contributed by atoms with Crippen LogP contribution in [0.2, 0.25) is 0 Å². The predicted octanol–water partition coefficient (Wildman–Crippen LogP) is 14.9. The standard InChI is InChI=1S/C54H40N2O/c1-3-57-43-33-25-38(26-34-43)37-21-29-41(30-22-37)56(40-27-19-36(2)20-28-40)42-31-23-39(24-32-42)51-48-16-8-9-17-49(48)52(50-18-10-11-35-55-50)54-47-15-7-5-13-45(47)44-12-4-6-14-46(44)53(51)54/h4-35H,3H2,1-2H3. The highest BCUT2D eigenvalue weighted by Crippen LogP contribution is 2.49. The number of pyridine rings is 1. The van der Waals surface area contributed by atoms with E-state index in [0.29, 0.717) is 6.61 Å². The van der Waals surface area contributed by atoms with E-state index in [4.69, 9.17) is 9.72 Å². The van der Waals surface area contributed by atoms with E-state index in [1.165, 1.54) is 65.3 Å². The van der Waals surface area contributed by atoms with E-state index in [-0.39, 0.29) is 0 Å². The predicted molar refractivity (Wildman–Crippen MR) is 241 cm³/mol. The van der Waals surface area contributed by atoms with Gasteiger partial charge in [-0.15, -0.1) is 0 Å². The van der Waals surface area contributed by atoms with Gasteiger partial charge >= 0.3 is 0 Å². The first kappa shape index (κ1) is 34.3. The second-order valence-electron chi connectivity index (χ2n) is 14.6. The largest absolute Gasteiger partial charge is 0.494 e. The van der Waals surface area contributed by atoms with Crippen LogP contribution in [0.5, 0.6) is 5.75 Å². The summed E-state index contributed by atoms with van der Waals surface area (Å²) in [7, 11) is 0. The molecule has 10 rings (SSSR count). The van der Waals surface area contributed by atoms with Gasteiger partial charge in [-0.05, 0) is 134 Å². The SMILES string of the molecule is CCOc1ccc(-c2ccc(N(c3ccc(C)cc3)c3ccc(-c4c5ccccc5c(-c5ccccn5)c5c6ccccc6c6ccccc6c45)cc3)cc2)cc1. The number of aromatic nitrogens is 1. The highest BCUT2D eigenvalue weighted by Gasteiger charge is 2.22. The van der Waals surface area contributed by atoms with Crippen molar-refractivity contribution in [2.75, 3.05) is 11.5 Å². The fraction of sp³-hybridized carbons (Fsp3) is 0.0556. The molecule has 9 aromatic carbocycles. The van der Waals surface area contributed by atoms with Gasteiger partial charge in [0.25, 0.3) is 0 Å². The lowest BCUT2D eigenvalue weighted by Gasteiger charge is -2.26. The molecule has 0 fully saturated rings. The maximum absolute atomic E-state index is 5.68. The fourth-order valence-electron chi connectivity index (χ4n) is 8.56. The zero-order valence-corrected chi connectivity index (χ0v) is 32.0. The van der Waals surface area contributed by atoms with Gasteiger partial charge < -0.3 is 9.64 Å². The highest BCUT2D eigenvalue weighted by molar-refractivity contribution is 6.36. The molecule has 0 spiro atoms. The van der Waals surface area contributed by atoms with Crippen LogP contribution in [0, 0.1) is 6.92 Å². The van der Waals surface area contributed by atoms with Crippen molar-refractivity contribution in [2.24, 2.45) is 0 Å². The summed E-state index contributed by atoms with van der Waals surface area (Å²) < 4.78 is 5.68. The molecule has 0 aliphatic heterocycles. The van der Waals surface area contributed by atoms with Crippen LogP contribution in [0.3, 0.4) is 0 Å². The molecule has 0 bridgehead atoms. The first-order chi connectivity index (χ1) is 28.2. The quantitative estimate of drug-likeness (QED) is 0.115.